The maximum absolute atomic E-state index is 13.8. The average molecular weight is 549 g/mol. The first-order valence-electron chi connectivity index (χ1n) is 12.5. The highest BCUT2D eigenvalue weighted by Gasteiger charge is 2.23. The van der Waals surface area contributed by atoms with Crippen LogP contribution in [0.15, 0.2) is 57.5 Å². The van der Waals surface area contributed by atoms with Crippen molar-refractivity contribution in [3.8, 4) is 17.2 Å². The van der Waals surface area contributed by atoms with Crippen LogP contribution in [0.3, 0.4) is 0 Å². The molecular formula is C28H28N4O4S2. The molecule has 196 valence electrons. The zero-order valence-corrected chi connectivity index (χ0v) is 22.8. The number of aromatic nitrogens is 2. The number of aryl methyl sites for hydroxylation is 3. The summed E-state index contributed by atoms with van der Waals surface area (Å²) in [5.74, 6) is -0.0388. The third-order valence-electron chi connectivity index (χ3n) is 6.31. The Morgan fingerprint density at radius 2 is 2.03 bits per heavy atom. The molecule has 0 saturated carbocycles. The second-order valence-electron chi connectivity index (χ2n) is 8.97. The minimum atomic E-state index is -0.359. The smallest absolute Gasteiger partial charge is 0.267 e. The largest absolute Gasteiger partial charge is 0.504 e. The Balaban J connectivity index is 1.39. The number of fused-ring (bicyclic) bond motifs is 3. The van der Waals surface area contributed by atoms with E-state index in [0.29, 0.717) is 28.5 Å². The van der Waals surface area contributed by atoms with E-state index >= 15 is 0 Å². The van der Waals surface area contributed by atoms with Crippen LogP contribution in [-0.2, 0) is 17.6 Å². The fourth-order valence-electron chi connectivity index (χ4n) is 4.46. The molecule has 1 amide bonds. The van der Waals surface area contributed by atoms with E-state index in [1.165, 1.54) is 22.9 Å². The number of phenols is 1. The summed E-state index contributed by atoms with van der Waals surface area (Å²) >= 11 is 2.78. The Morgan fingerprint density at radius 1 is 1.24 bits per heavy atom. The SMILES string of the molecule is CCOc1cccc(/C=N\NC(=O)CSc2nc3sc4c(c3c(=O)n2-c2ccc(C)cc2)CCCC4)c1O. The molecule has 0 atom stereocenters. The first-order chi connectivity index (χ1) is 18.5. The first kappa shape index (κ1) is 26.0. The summed E-state index contributed by atoms with van der Waals surface area (Å²) in [7, 11) is 0. The molecule has 8 nitrogen and oxygen atoms in total. The number of nitrogens with zero attached hydrogens (tertiary/aromatic N) is 3. The fourth-order valence-corrected chi connectivity index (χ4v) is 6.56. The van der Waals surface area contributed by atoms with E-state index in [1.807, 2.05) is 38.1 Å². The van der Waals surface area contributed by atoms with Crippen molar-refractivity contribution in [3.63, 3.8) is 0 Å². The number of para-hydroxylation sites is 1. The van der Waals surface area contributed by atoms with E-state index in [9.17, 15) is 14.7 Å². The average Bonchev–Trinajstić information content (AvgIpc) is 3.29. The lowest BCUT2D eigenvalue weighted by Gasteiger charge is -2.13. The van der Waals surface area contributed by atoms with Gasteiger partial charge in [-0.15, -0.1) is 11.3 Å². The van der Waals surface area contributed by atoms with Crippen molar-refractivity contribution >= 4 is 45.4 Å². The third kappa shape index (κ3) is 5.32. The number of hydrazone groups is 1. The molecule has 4 aromatic rings. The van der Waals surface area contributed by atoms with Gasteiger partial charge in [0.2, 0.25) is 0 Å². The highest BCUT2D eigenvalue weighted by Crippen LogP contribution is 2.35. The number of rotatable bonds is 8. The van der Waals surface area contributed by atoms with E-state index in [1.54, 1.807) is 34.1 Å². The number of hydrogen-bond donors (Lipinski definition) is 2. The number of amides is 1. The molecule has 10 heteroatoms. The number of thiophene rings is 1. The highest BCUT2D eigenvalue weighted by atomic mass is 32.2. The van der Waals surface area contributed by atoms with Crippen molar-refractivity contribution in [3.05, 3.63) is 74.4 Å². The van der Waals surface area contributed by atoms with Gasteiger partial charge in [-0.1, -0.05) is 35.5 Å². The fraction of sp³-hybridized carbons (Fsp3) is 0.286. The number of ether oxygens (including phenoxy) is 1. The number of phenolic OH excluding ortho intramolecular Hbond substituents is 1. The molecule has 0 fully saturated rings. The van der Waals surface area contributed by atoms with Gasteiger partial charge in [0.05, 0.1) is 29.6 Å². The zero-order valence-electron chi connectivity index (χ0n) is 21.2. The number of carbonyl (C=O) groups is 1. The van der Waals surface area contributed by atoms with Gasteiger partial charge in [-0.3, -0.25) is 14.2 Å². The lowest BCUT2D eigenvalue weighted by atomic mass is 9.97. The van der Waals surface area contributed by atoms with Crippen molar-refractivity contribution in [2.45, 2.75) is 44.7 Å². The molecule has 38 heavy (non-hydrogen) atoms. The predicted octanol–water partition coefficient (Wildman–Crippen LogP) is 4.98. The quantitative estimate of drug-likeness (QED) is 0.139. The van der Waals surface area contributed by atoms with Crippen molar-refractivity contribution in [2.75, 3.05) is 12.4 Å². The van der Waals surface area contributed by atoms with Gasteiger partial charge in [0.1, 0.15) is 4.83 Å². The van der Waals surface area contributed by atoms with Gasteiger partial charge >= 0.3 is 0 Å². The molecular weight excluding hydrogens is 520 g/mol. The van der Waals surface area contributed by atoms with Crippen LogP contribution in [0.4, 0.5) is 0 Å². The zero-order chi connectivity index (χ0) is 26.6. The van der Waals surface area contributed by atoms with Crippen LogP contribution in [0.2, 0.25) is 0 Å². The van der Waals surface area contributed by atoms with E-state index in [0.717, 1.165) is 47.3 Å². The Morgan fingerprint density at radius 3 is 2.82 bits per heavy atom. The van der Waals surface area contributed by atoms with Crippen LogP contribution < -0.4 is 15.7 Å². The van der Waals surface area contributed by atoms with Crippen molar-refractivity contribution in [1.82, 2.24) is 15.0 Å². The normalized spacial score (nSPS) is 13.1. The predicted molar refractivity (Wildman–Crippen MR) is 152 cm³/mol. The van der Waals surface area contributed by atoms with E-state index < -0.39 is 0 Å². The molecule has 2 aromatic heterocycles. The Kier molecular flexibility index (Phi) is 7.80. The van der Waals surface area contributed by atoms with Crippen LogP contribution in [0.1, 0.15) is 41.3 Å². The summed E-state index contributed by atoms with van der Waals surface area (Å²) < 4.78 is 6.99. The maximum atomic E-state index is 13.8. The number of benzene rings is 2. The van der Waals surface area contributed by atoms with Gasteiger partial charge in [-0.05, 0) is 69.4 Å². The molecule has 0 unspecified atom stereocenters. The van der Waals surface area contributed by atoms with E-state index in [4.69, 9.17) is 9.72 Å². The molecule has 5 rings (SSSR count). The Hall–Kier alpha value is -3.63. The Bertz CT molecular complexity index is 1570. The summed E-state index contributed by atoms with van der Waals surface area (Å²) in [5.41, 5.74) is 5.76. The lowest BCUT2D eigenvalue weighted by molar-refractivity contribution is -0.118. The van der Waals surface area contributed by atoms with Crippen LogP contribution >= 0.6 is 23.1 Å². The van der Waals surface area contributed by atoms with Crippen LogP contribution in [-0.4, -0.2) is 39.1 Å². The molecule has 1 aliphatic carbocycles. The molecule has 2 heterocycles. The molecule has 0 aliphatic heterocycles. The highest BCUT2D eigenvalue weighted by molar-refractivity contribution is 7.99. The van der Waals surface area contributed by atoms with Crippen molar-refractivity contribution < 1.29 is 14.6 Å². The van der Waals surface area contributed by atoms with Gasteiger partial charge in [-0.25, -0.2) is 10.4 Å². The second kappa shape index (κ2) is 11.4. The summed E-state index contributed by atoms with van der Waals surface area (Å²) in [4.78, 5) is 33.3. The summed E-state index contributed by atoms with van der Waals surface area (Å²) in [6.45, 7) is 4.25. The summed E-state index contributed by atoms with van der Waals surface area (Å²) in [6, 6.07) is 12.8. The van der Waals surface area contributed by atoms with Crippen LogP contribution in [0, 0.1) is 6.92 Å². The molecule has 0 bridgehead atoms. The summed E-state index contributed by atoms with van der Waals surface area (Å²) in [5, 5.41) is 15.4. The Labute approximate surface area is 228 Å². The summed E-state index contributed by atoms with van der Waals surface area (Å²) in [6.07, 6.45) is 5.45. The van der Waals surface area contributed by atoms with Gasteiger partial charge in [0.15, 0.2) is 16.7 Å². The van der Waals surface area contributed by atoms with E-state index in [2.05, 4.69) is 10.5 Å². The number of carbonyl (C=O) groups excluding carboxylic acids is 1. The number of aromatic hydroxyl groups is 1. The molecule has 1 aliphatic rings. The monoisotopic (exact) mass is 548 g/mol. The van der Waals surface area contributed by atoms with Gasteiger partial charge in [0, 0.05) is 10.4 Å². The molecule has 2 N–H and O–H groups in total. The van der Waals surface area contributed by atoms with Crippen LogP contribution in [0.25, 0.3) is 15.9 Å². The van der Waals surface area contributed by atoms with E-state index in [-0.39, 0.29) is 23.0 Å². The van der Waals surface area contributed by atoms with Gasteiger partial charge in [0.25, 0.3) is 11.5 Å². The molecule has 0 spiro atoms. The third-order valence-corrected chi connectivity index (χ3v) is 8.43. The van der Waals surface area contributed by atoms with Crippen LogP contribution in [0.5, 0.6) is 11.5 Å². The standard InChI is InChI=1S/C28H28N4O4S2/c1-3-36-21-9-6-7-18(25(21)34)15-29-31-23(33)16-37-28-30-26-24(20-8-4-5-10-22(20)38-26)27(35)32(28)19-13-11-17(2)12-14-19/h6-7,9,11-15,34H,3-5,8,10,16H2,1-2H3,(H,31,33)/b29-15-. The number of hydrogen-bond acceptors (Lipinski definition) is 8. The maximum Gasteiger partial charge on any atom is 0.267 e. The minimum Gasteiger partial charge on any atom is -0.504 e. The second-order valence-corrected chi connectivity index (χ2v) is 11.0. The van der Waals surface area contributed by atoms with Crippen molar-refractivity contribution in [2.24, 2.45) is 5.10 Å². The van der Waals surface area contributed by atoms with Gasteiger partial charge in [-0.2, -0.15) is 5.10 Å². The van der Waals surface area contributed by atoms with Gasteiger partial charge < -0.3 is 9.84 Å². The number of thioether (sulfide) groups is 1. The first-order valence-corrected chi connectivity index (χ1v) is 14.3. The molecule has 0 saturated heterocycles. The van der Waals surface area contributed by atoms with Crippen molar-refractivity contribution in [1.29, 1.82) is 0 Å². The molecule has 2 aromatic carbocycles. The molecule has 0 radical (unpaired) electrons. The topological polar surface area (TPSA) is 106 Å². The number of nitrogens with one attached hydrogen (secondary N) is 1. The lowest BCUT2D eigenvalue weighted by Crippen LogP contribution is -2.24. The minimum absolute atomic E-state index is 0.0111.